The third-order valence-electron chi connectivity index (χ3n) is 3.51. The topological polar surface area (TPSA) is 55.2 Å². The van der Waals surface area contributed by atoms with Crippen LogP contribution in [0.4, 0.5) is 0 Å². The minimum Gasteiger partial charge on any atom is -0.343 e. The van der Waals surface area contributed by atoms with Gasteiger partial charge in [-0.2, -0.15) is 0 Å². The Morgan fingerprint density at radius 2 is 2.05 bits per heavy atom. The van der Waals surface area contributed by atoms with Crippen molar-refractivity contribution in [2.45, 2.75) is 19.4 Å². The molecule has 0 aliphatic carbocycles. The van der Waals surface area contributed by atoms with Gasteiger partial charge in [0.1, 0.15) is 0 Å². The Morgan fingerprint density at radius 1 is 1.26 bits per heavy atom. The zero-order chi connectivity index (χ0) is 13.2. The molecule has 1 amide bonds. The fourth-order valence-corrected chi connectivity index (χ4v) is 2.21. The van der Waals surface area contributed by atoms with E-state index < -0.39 is 0 Å². The number of para-hydroxylation sites is 1. The highest BCUT2D eigenvalue weighted by atomic mass is 16.2. The molecular formula is C14H15N3O2. The van der Waals surface area contributed by atoms with Gasteiger partial charge in [-0.15, -0.1) is 0 Å². The number of aromatic nitrogens is 2. The van der Waals surface area contributed by atoms with E-state index in [1.807, 2.05) is 23.1 Å². The molecule has 0 unspecified atom stereocenters. The van der Waals surface area contributed by atoms with Gasteiger partial charge in [-0.3, -0.25) is 14.2 Å². The second-order valence-corrected chi connectivity index (χ2v) is 4.74. The Balaban J connectivity index is 1.79. The molecule has 98 valence electrons. The van der Waals surface area contributed by atoms with Crippen molar-refractivity contribution in [3.05, 3.63) is 40.9 Å². The van der Waals surface area contributed by atoms with Crippen molar-refractivity contribution in [3.63, 3.8) is 0 Å². The molecule has 2 aromatic rings. The highest BCUT2D eigenvalue weighted by molar-refractivity contribution is 5.78. The van der Waals surface area contributed by atoms with E-state index in [1.54, 1.807) is 6.07 Å². The van der Waals surface area contributed by atoms with E-state index in [2.05, 4.69) is 4.98 Å². The van der Waals surface area contributed by atoms with Crippen LogP contribution >= 0.6 is 0 Å². The zero-order valence-electron chi connectivity index (χ0n) is 10.6. The van der Waals surface area contributed by atoms with Crippen molar-refractivity contribution in [2.75, 3.05) is 13.1 Å². The Morgan fingerprint density at radius 3 is 2.79 bits per heavy atom. The van der Waals surface area contributed by atoms with Gasteiger partial charge in [0.15, 0.2) is 0 Å². The van der Waals surface area contributed by atoms with Crippen molar-refractivity contribution >= 4 is 16.8 Å². The van der Waals surface area contributed by atoms with E-state index in [-0.39, 0.29) is 11.5 Å². The number of carbonyl (C=O) groups is 1. The monoisotopic (exact) mass is 257 g/mol. The molecule has 1 saturated heterocycles. The summed E-state index contributed by atoms with van der Waals surface area (Å²) in [7, 11) is 0. The summed E-state index contributed by atoms with van der Waals surface area (Å²) in [6.45, 7) is 2.10. The molecule has 1 aliphatic heterocycles. The molecule has 0 spiro atoms. The minimum atomic E-state index is -0.0815. The molecule has 19 heavy (non-hydrogen) atoms. The zero-order valence-corrected chi connectivity index (χ0v) is 10.6. The third kappa shape index (κ3) is 2.23. The van der Waals surface area contributed by atoms with E-state index in [0.717, 1.165) is 19.5 Å². The van der Waals surface area contributed by atoms with Crippen LogP contribution < -0.4 is 5.56 Å². The average Bonchev–Trinajstić information content (AvgIpc) is 2.36. The lowest BCUT2D eigenvalue weighted by Crippen LogP contribution is -2.42. The Labute approximate surface area is 110 Å². The number of hydrogen-bond acceptors (Lipinski definition) is 3. The summed E-state index contributed by atoms with van der Waals surface area (Å²) in [4.78, 5) is 30.0. The van der Waals surface area contributed by atoms with Crippen LogP contribution in [0.1, 0.15) is 12.8 Å². The molecule has 0 N–H and O–H groups in total. The van der Waals surface area contributed by atoms with Crippen LogP contribution in [0.15, 0.2) is 35.4 Å². The summed E-state index contributed by atoms with van der Waals surface area (Å²) in [5, 5.41) is 0.599. The van der Waals surface area contributed by atoms with Gasteiger partial charge in [0, 0.05) is 26.1 Å². The summed E-state index contributed by atoms with van der Waals surface area (Å²) in [5.41, 5.74) is 0.611. The van der Waals surface area contributed by atoms with E-state index in [1.165, 1.54) is 10.9 Å². The predicted octanol–water partition coefficient (Wildman–Crippen LogP) is 1.02. The van der Waals surface area contributed by atoms with Gasteiger partial charge in [-0.05, 0) is 18.6 Å². The molecule has 5 heteroatoms. The van der Waals surface area contributed by atoms with E-state index >= 15 is 0 Å². The standard InChI is InChI=1S/C14H15N3O2/c18-13(16-7-3-8-16)6-9-17-10-15-12-5-2-1-4-11(12)14(17)19/h1-2,4-5,10H,3,6-9H2. The first-order valence-electron chi connectivity index (χ1n) is 6.48. The maximum absolute atomic E-state index is 12.2. The first-order valence-corrected chi connectivity index (χ1v) is 6.48. The summed E-state index contributed by atoms with van der Waals surface area (Å²) >= 11 is 0. The molecule has 1 aromatic carbocycles. The smallest absolute Gasteiger partial charge is 0.261 e. The number of carbonyl (C=O) groups excluding carboxylic acids is 1. The predicted molar refractivity (Wildman–Crippen MR) is 71.8 cm³/mol. The number of nitrogens with zero attached hydrogens (tertiary/aromatic N) is 3. The van der Waals surface area contributed by atoms with Gasteiger partial charge in [-0.25, -0.2) is 4.98 Å². The van der Waals surface area contributed by atoms with E-state index in [9.17, 15) is 9.59 Å². The van der Waals surface area contributed by atoms with Gasteiger partial charge in [0.25, 0.3) is 5.56 Å². The maximum Gasteiger partial charge on any atom is 0.261 e. The fourth-order valence-electron chi connectivity index (χ4n) is 2.21. The van der Waals surface area contributed by atoms with Gasteiger partial charge >= 0.3 is 0 Å². The molecular weight excluding hydrogens is 242 g/mol. The lowest BCUT2D eigenvalue weighted by Gasteiger charge is -2.30. The van der Waals surface area contributed by atoms with Crippen LogP contribution in [0.25, 0.3) is 10.9 Å². The molecule has 0 saturated carbocycles. The number of likely N-dealkylation sites (tertiary alicyclic amines) is 1. The van der Waals surface area contributed by atoms with Crippen LogP contribution in [-0.2, 0) is 11.3 Å². The van der Waals surface area contributed by atoms with Crippen molar-refractivity contribution in [3.8, 4) is 0 Å². The van der Waals surface area contributed by atoms with Gasteiger partial charge < -0.3 is 4.90 Å². The van der Waals surface area contributed by atoms with Crippen molar-refractivity contribution in [1.29, 1.82) is 0 Å². The number of amides is 1. The van der Waals surface area contributed by atoms with Crippen molar-refractivity contribution in [2.24, 2.45) is 0 Å². The second kappa shape index (κ2) is 4.84. The van der Waals surface area contributed by atoms with Crippen LogP contribution in [0.2, 0.25) is 0 Å². The fraction of sp³-hybridized carbons (Fsp3) is 0.357. The lowest BCUT2D eigenvalue weighted by molar-refractivity contribution is -0.134. The Kier molecular flexibility index (Phi) is 3.03. The number of hydrogen-bond donors (Lipinski definition) is 0. The van der Waals surface area contributed by atoms with Crippen LogP contribution in [0.5, 0.6) is 0 Å². The number of benzene rings is 1. The van der Waals surface area contributed by atoms with Crippen LogP contribution in [0.3, 0.4) is 0 Å². The van der Waals surface area contributed by atoms with Crippen molar-refractivity contribution < 1.29 is 4.79 Å². The van der Waals surface area contributed by atoms with Crippen LogP contribution in [0, 0.1) is 0 Å². The molecule has 5 nitrogen and oxygen atoms in total. The van der Waals surface area contributed by atoms with Crippen LogP contribution in [-0.4, -0.2) is 33.4 Å². The number of aryl methyl sites for hydroxylation is 1. The quantitative estimate of drug-likeness (QED) is 0.825. The molecule has 1 fully saturated rings. The molecule has 0 atom stereocenters. The highest BCUT2D eigenvalue weighted by Gasteiger charge is 2.19. The van der Waals surface area contributed by atoms with E-state index in [4.69, 9.17) is 0 Å². The molecule has 1 aliphatic rings. The number of rotatable bonds is 3. The van der Waals surface area contributed by atoms with Gasteiger partial charge in [0.2, 0.25) is 5.91 Å². The maximum atomic E-state index is 12.2. The Bertz CT molecular complexity index is 674. The molecule has 3 rings (SSSR count). The van der Waals surface area contributed by atoms with Gasteiger partial charge in [-0.1, -0.05) is 12.1 Å². The first kappa shape index (κ1) is 11.9. The summed E-state index contributed by atoms with van der Waals surface area (Å²) in [6.07, 6.45) is 2.97. The largest absolute Gasteiger partial charge is 0.343 e. The minimum absolute atomic E-state index is 0.0815. The summed E-state index contributed by atoms with van der Waals surface area (Å²) in [6, 6.07) is 7.25. The van der Waals surface area contributed by atoms with Crippen molar-refractivity contribution in [1.82, 2.24) is 14.5 Å². The second-order valence-electron chi connectivity index (χ2n) is 4.74. The lowest BCUT2D eigenvalue weighted by atomic mass is 10.2. The Hall–Kier alpha value is -2.17. The SMILES string of the molecule is O=C(CCn1cnc2ccccc2c1=O)N1CCC1. The highest BCUT2D eigenvalue weighted by Crippen LogP contribution is 2.09. The molecule has 2 heterocycles. The normalized spacial score (nSPS) is 14.4. The molecule has 0 radical (unpaired) electrons. The average molecular weight is 257 g/mol. The molecule has 1 aromatic heterocycles. The first-order chi connectivity index (χ1) is 9.25. The summed E-state index contributed by atoms with van der Waals surface area (Å²) < 4.78 is 1.51. The molecule has 0 bridgehead atoms. The van der Waals surface area contributed by atoms with Gasteiger partial charge in [0.05, 0.1) is 17.2 Å². The third-order valence-corrected chi connectivity index (χ3v) is 3.51. The number of fused-ring (bicyclic) bond motifs is 1. The summed E-state index contributed by atoms with van der Waals surface area (Å²) in [5.74, 6) is 0.117. The van der Waals surface area contributed by atoms with E-state index in [0.29, 0.717) is 23.9 Å².